The van der Waals surface area contributed by atoms with Gasteiger partial charge in [-0.2, -0.15) is 9.97 Å². The van der Waals surface area contributed by atoms with Crippen molar-refractivity contribution >= 4 is 33.9 Å². The average Bonchev–Trinajstić information content (AvgIpc) is 3.44. The van der Waals surface area contributed by atoms with Crippen LogP contribution in [0, 0.1) is 0 Å². The van der Waals surface area contributed by atoms with E-state index < -0.39 is 0 Å². The Balaban J connectivity index is 1.25. The Labute approximate surface area is 223 Å². The minimum atomic E-state index is 0.438. The van der Waals surface area contributed by atoms with Crippen LogP contribution in [0.2, 0.25) is 5.02 Å². The summed E-state index contributed by atoms with van der Waals surface area (Å²) in [5.41, 5.74) is 3.56. The molecule has 7 nitrogen and oxygen atoms in total. The van der Waals surface area contributed by atoms with E-state index in [0.29, 0.717) is 30.7 Å². The smallest absolute Gasteiger partial charge is 0.318 e. The summed E-state index contributed by atoms with van der Waals surface area (Å²) in [6, 6.07) is 14.6. The number of halogens is 1. The van der Waals surface area contributed by atoms with Gasteiger partial charge in [-0.15, -0.1) is 0 Å². The molecule has 0 amide bonds. The maximum Gasteiger partial charge on any atom is 0.318 e. The van der Waals surface area contributed by atoms with Gasteiger partial charge in [-0.1, -0.05) is 35.9 Å². The normalized spacial score (nSPS) is 25.6. The van der Waals surface area contributed by atoms with E-state index in [-0.39, 0.29) is 0 Å². The van der Waals surface area contributed by atoms with Crippen LogP contribution in [0.3, 0.4) is 0 Å². The minimum absolute atomic E-state index is 0.438. The highest BCUT2D eigenvalue weighted by molar-refractivity contribution is 6.36. The number of hydrogen-bond acceptors (Lipinski definition) is 7. The summed E-state index contributed by atoms with van der Waals surface area (Å²) < 4.78 is 6.33. The molecular weight excluding hydrogens is 484 g/mol. The third-order valence-corrected chi connectivity index (χ3v) is 9.21. The van der Waals surface area contributed by atoms with Crippen molar-refractivity contribution in [3.63, 3.8) is 0 Å². The standard InChI is InChI=1S/C29H35ClN6O/c1-34-13-4-7-22(34)18-37-29-32-25-17-35(26-9-3-6-19-5-2-8-24(30)27(19)26)14-12-23(25)28(33-29)36-20-10-11-21(36)16-31-15-20/h2-3,5-6,8-9,20-22,31H,4,7,10-18H2,1H3. The third kappa shape index (κ3) is 4.21. The zero-order valence-corrected chi connectivity index (χ0v) is 22.3. The van der Waals surface area contributed by atoms with E-state index in [0.717, 1.165) is 61.1 Å². The van der Waals surface area contributed by atoms with Crippen LogP contribution < -0.4 is 19.9 Å². The van der Waals surface area contributed by atoms with Crippen molar-refractivity contribution in [2.24, 2.45) is 0 Å². The summed E-state index contributed by atoms with van der Waals surface area (Å²) in [6.07, 6.45) is 5.76. The van der Waals surface area contributed by atoms with Crippen LogP contribution in [0.15, 0.2) is 36.4 Å². The van der Waals surface area contributed by atoms with Gasteiger partial charge in [-0.05, 0) is 63.2 Å². The molecule has 1 aromatic heterocycles. The molecule has 0 spiro atoms. The van der Waals surface area contributed by atoms with E-state index in [1.807, 2.05) is 12.1 Å². The van der Waals surface area contributed by atoms with Crippen LogP contribution in [-0.4, -0.2) is 72.8 Å². The zero-order chi connectivity index (χ0) is 24.9. The lowest BCUT2D eigenvalue weighted by molar-refractivity contribution is 0.187. The van der Waals surface area contributed by atoms with Crippen molar-refractivity contribution in [3.8, 4) is 6.01 Å². The number of rotatable bonds is 5. The fourth-order valence-corrected chi connectivity index (χ4v) is 7.18. The summed E-state index contributed by atoms with van der Waals surface area (Å²) in [5, 5.41) is 6.70. The lowest BCUT2D eigenvalue weighted by Gasteiger charge is -2.39. The molecule has 4 aliphatic rings. The lowest BCUT2D eigenvalue weighted by atomic mass is 10.0. The van der Waals surface area contributed by atoms with Crippen LogP contribution in [0.4, 0.5) is 11.5 Å². The Morgan fingerprint density at radius 2 is 1.84 bits per heavy atom. The number of nitrogens with zero attached hydrogens (tertiary/aromatic N) is 5. The molecule has 5 heterocycles. The molecule has 1 N–H and O–H groups in total. The molecule has 2 bridgehead atoms. The number of benzene rings is 2. The molecule has 194 valence electrons. The Bertz CT molecular complexity index is 1300. The van der Waals surface area contributed by atoms with Gasteiger partial charge in [-0.3, -0.25) is 0 Å². The maximum atomic E-state index is 6.70. The predicted octanol–water partition coefficient (Wildman–Crippen LogP) is 4.26. The summed E-state index contributed by atoms with van der Waals surface area (Å²) in [5.74, 6) is 1.12. The topological polar surface area (TPSA) is 56.8 Å². The summed E-state index contributed by atoms with van der Waals surface area (Å²) in [6.45, 7) is 5.49. The fraction of sp³-hybridized carbons (Fsp3) is 0.517. The van der Waals surface area contributed by atoms with Gasteiger partial charge < -0.3 is 24.8 Å². The highest BCUT2D eigenvalue weighted by Crippen LogP contribution is 2.39. The molecule has 3 aromatic rings. The van der Waals surface area contributed by atoms with Crippen molar-refractivity contribution in [2.75, 3.05) is 49.6 Å². The van der Waals surface area contributed by atoms with Crippen molar-refractivity contribution in [3.05, 3.63) is 52.7 Å². The average molecular weight is 519 g/mol. The van der Waals surface area contributed by atoms with Gasteiger partial charge in [0.1, 0.15) is 12.4 Å². The van der Waals surface area contributed by atoms with Gasteiger partial charge in [0.15, 0.2) is 0 Å². The van der Waals surface area contributed by atoms with Gasteiger partial charge in [0.05, 0.1) is 17.3 Å². The molecule has 8 heteroatoms. The zero-order valence-electron chi connectivity index (χ0n) is 21.5. The fourth-order valence-electron chi connectivity index (χ4n) is 6.90. The monoisotopic (exact) mass is 518 g/mol. The number of aromatic nitrogens is 2. The molecular formula is C29H35ClN6O. The van der Waals surface area contributed by atoms with E-state index in [2.05, 4.69) is 51.3 Å². The van der Waals surface area contributed by atoms with E-state index >= 15 is 0 Å². The molecule has 3 unspecified atom stereocenters. The van der Waals surface area contributed by atoms with E-state index in [4.69, 9.17) is 26.3 Å². The molecule has 7 rings (SSSR count). The first-order chi connectivity index (χ1) is 18.2. The van der Waals surface area contributed by atoms with E-state index in [1.54, 1.807) is 0 Å². The Kier molecular flexibility index (Phi) is 6.10. The van der Waals surface area contributed by atoms with Crippen LogP contribution in [0.1, 0.15) is 36.9 Å². The Morgan fingerprint density at radius 1 is 1.03 bits per heavy atom. The maximum absolute atomic E-state index is 6.70. The molecule has 3 atom stereocenters. The van der Waals surface area contributed by atoms with Crippen molar-refractivity contribution in [1.82, 2.24) is 20.2 Å². The number of fused-ring (bicyclic) bond motifs is 4. The summed E-state index contributed by atoms with van der Waals surface area (Å²) in [7, 11) is 2.19. The largest absolute Gasteiger partial charge is 0.462 e. The first kappa shape index (κ1) is 23.5. The van der Waals surface area contributed by atoms with Crippen LogP contribution >= 0.6 is 11.6 Å². The Morgan fingerprint density at radius 3 is 2.62 bits per heavy atom. The van der Waals surface area contributed by atoms with Crippen LogP contribution in [-0.2, 0) is 13.0 Å². The van der Waals surface area contributed by atoms with E-state index in [9.17, 15) is 0 Å². The SMILES string of the molecule is CN1CCCC1COc1nc2c(c(N3C4CCC3CNC4)n1)CCN(c1cccc3cccc(Cl)c13)C2. The van der Waals surface area contributed by atoms with Gasteiger partial charge in [-0.25, -0.2) is 0 Å². The lowest BCUT2D eigenvalue weighted by Crippen LogP contribution is -2.53. The number of hydrogen-bond donors (Lipinski definition) is 1. The molecule has 0 saturated carbocycles. The number of ether oxygens (including phenoxy) is 1. The first-order valence-corrected chi connectivity index (χ1v) is 14.2. The molecule has 0 aliphatic carbocycles. The third-order valence-electron chi connectivity index (χ3n) is 8.90. The number of likely N-dealkylation sites (N-methyl/N-ethyl adjacent to an activating group) is 1. The van der Waals surface area contributed by atoms with Gasteiger partial charge >= 0.3 is 6.01 Å². The van der Waals surface area contributed by atoms with Gasteiger partial charge in [0.25, 0.3) is 0 Å². The number of piperazine rings is 1. The van der Waals surface area contributed by atoms with Crippen molar-refractivity contribution in [1.29, 1.82) is 0 Å². The highest BCUT2D eigenvalue weighted by atomic mass is 35.5. The molecule has 0 radical (unpaired) electrons. The second-order valence-corrected chi connectivity index (χ2v) is 11.5. The highest BCUT2D eigenvalue weighted by Gasteiger charge is 2.40. The minimum Gasteiger partial charge on any atom is -0.462 e. The number of nitrogens with one attached hydrogen (secondary N) is 1. The molecule has 4 aliphatic heterocycles. The van der Waals surface area contributed by atoms with Crippen LogP contribution in [0.25, 0.3) is 10.8 Å². The second kappa shape index (κ2) is 9.61. The number of likely N-dealkylation sites (tertiary alicyclic amines) is 1. The van der Waals surface area contributed by atoms with Gasteiger partial charge in [0, 0.05) is 54.4 Å². The number of anilines is 2. The summed E-state index contributed by atoms with van der Waals surface area (Å²) in [4.78, 5) is 17.5. The molecule has 3 saturated heterocycles. The molecule has 2 aromatic carbocycles. The molecule has 37 heavy (non-hydrogen) atoms. The van der Waals surface area contributed by atoms with Gasteiger partial charge in [0.2, 0.25) is 0 Å². The molecule has 3 fully saturated rings. The quantitative estimate of drug-likeness (QED) is 0.541. The predicted molar refractivity (Wildman–Crippen MR) is 149 cm³/mol. The van der Waals surface area contributed by atoms with Crippen molar-refractivity contribution < 1.29 is 4.74 Å². The summed E-state index contributed by atoms with van der Waals surface area (Å²) >= 11 is 6.70. The Hall–Kier alpha value is -2.61. The first-order valence-electron chi connectivity index (χ1n) is 13.8. The van der Waals surface area contributed by atoms with E-state index in [1.165, 1.54) is 42.3 Å². The second-order valence-electron chi connectivity index (χ2n) is 11.1. The van der Waals surface area contributed by atoms with Crippen molar-refractivity contribution in [2.45, 2.75) is 56.8 Å². The van der Waals surface area contributed by atoms with Crippen LogP contribution in [0.5, 0.6) is 6.01 Å².